The Morgan fingerprint density at radius 2 is 0.889 bits per heavy atom. The minimum absolute atomic E-state index is 0.0846. The third-order valence-corrected chi connectivity index (χ3v) is 15.0. The van der Waals surface area contributed by atoms with Crippen LogP contribution in [0.15, 0.2) is 0 Å². The minimum atomic E-state index is -4.38. The van der Waals surface area contributed by atoms with Crippen molar-refractivity contribution in [2.75, 3.05) is 19.8 Å². The molecule has 0 heterocycles. The topological polar surface area (TPSA) is 64.6 Å². The Hall–Kier alpha value is 0.820. The van der Waals surface area contributed by atoms with Gasteiger partial charge in [0.15, 0.2) is 0 Å². The Labute approximate surface area is 174 Å². The fourth-order valence-electron chi connectivity index (χ4n) is 2.04. The van der Waals surface area contributed by atoms with Crippen molar-refractivity contribution in [3.05, 3.63) is 0 Å². The van der Waals surface area contributed by atoms with Crippen LogP contribution in [-0.2, 0) is 46.2 Å². The summed E-state index contributed by atoms with van der Waals surface area (Å²) in [5.74, 6) is 0. The van der Waals surface area contributed by atoms with Gasteiger partial charge in [-0.1, -0.05) is 0 Å². The van der Waals surface area contributed by atoms with Crippen LogP contribution in [-0.4, -0.2) is 47.2 Å². The molecule has 0 aliphatic rings. The molecule has 0 spiro atoms. The van der Waals surface area contributed by atoms with Crippen LogP contribution in [0, 0.1) is 0 Å². The molecule has 0 fully saturated rings. The van der Waals surface area contributed by atoms with Crippen LogP contribution in [0.2, 0.25) is 0 Å². The van der Waals surface area contributed by atoms with Gasteiger partial charge in [-0.25, -0.2) is 0 Å². The van der Waals surface area contributed by atoms with E-state index in [-0.39, 0.29) is 18.3 Å². The summed E-state index contributed by atoms with van der Waals surface area (Å²) < 4.78 is 43.3. The van der Waals surface area contributed by atoms with E-state index in [4.69, 9.17) is 24.2 Å². The standard InChI is InChI=1S/C12H27O4Si.3C2H5O.Zr/c1-7-10(4)14-17(13,15-11(5)8-2)16-12(6)9-3;3*1-2-3;/h10-12H,7-9H2,1-6H3;3*2H2,1H3;/q4*-1;+4. The molecule has 0 aliphatic carbocycles. The SMILES string of the molecule is CC[O][Zr]([O]CC)([O]CC)[O][Si](OC(C)CC)(OC(C)CC)OC(C)CC. The molecule has 0 radical (unpaired) electrons. The first-order valence-corrected chi connectivity index (χ1v) is 16.1. The number of hydrogen-bond donors (Lipinski definition) is 0. The molecule has 0 N–H and O–H groups in total. The first-order valence-electron chi connectivity index (χ1n) is 10.4. The Kier molecular flexibility index (Phi) is 15.2. The zero-order chi connectivity index (χ0) is 20.9. The average molecular weight is 490 g/mol. The molecular weight excluding hydrogens is 448 g/mol. The van der Waals surface area contributed by atoms with Crippen molar-refractivity contribution < 1.29 is 46.2 Å². The van der Waals surface area contributed by atoms with Crippen LogP contribution >= 0.6 is 0 Å². The van der Waals surface area contributed by atoms with Crippen molar-refractivity contribution in [1.29, 1.82) is 0 Å². The molecular formula is C18H42O7SiZr. The van der Waals surface area contributed by atoms with Gasteiger partial charge in [-0.05, 0) is 0 Å². The maximum absolute atomic E-state index is 6.48. The van der Waals surface area contributed by atoms with Gasteiger partial charge in [0.1, 0.15) is 0 Å². The van der Waals surface area contributed by atoms with Gasteiger partial charge in [0, 0.05) is 0 Å². The molecule has 0 rings (SSSR count). The molecule has 0 aromatic heterocycles. The zero-order valence-corrected chi connectivity index (χ0v) is 22.3. The van der Waals surface area contributed by atoms with Gasteiger partial charge in [0.2, 0.25) is 0 Å². The predicted octanol–water partition coefficient (Wildman–Crippen LogP) is 4.81. The second-order valence-corrected chi connectivity index (χ2v) is 14.4. The van der Waals surface area contributed by atoms with E-state index in [0.29, 0.717) is 19.8 Å². The van der Waals surface area contributed by atoms with Gasteiger partial charge >= 0.3 is 175 Å². The summed E-state index contributed by atoms with van der Waals surface area (Å²) >= 11 is -4.38. The van der Waals surface area contributed by atoms with E-state index >= 15 is 0 Å². The van der Waals surface area contributed by atoms with Gasteiger partial charge in [-0.2, -0.15) is 0 Å². The first-order chi connectivity index (χ1) is 12.8. The van der Waals surface area contributed by atoms with Crippen molar-refractivity contribution in [1.82, 2.24) is 0 Å². The second kappa shape index (κ2) is 14.7. The Morgan fingerprint density at radius 1 is 0.593 bits per heavy atom. The third kappa shape index (κ3) is 10.4. The number of hydrogen-bond acceptors (Lipinski definition) is 7. The molecule has 164 valence electrons. The van der Waals surface area contributed by atoms with E-state index in [2.05, 4.69) is 20.8 Å². The summed E-state index contributed by atoms with van der Waals surface area (Å²) in [7, 11) is -3.58. The quantitative estimate of drug-likeness (QED) is 0.272. The van der Waals surface area contributed by atoms with Crippen LogP contribution in [0.4, 0.5) is 0 Å². The summed E-state index contributed by atoms with van der Waals surface area (Å²) in [5, 5.41) is 0. The van der Waals surface area contributed by atoms with E-state index in [1.54, 1.807) is 0 Å². The Morgan fingerprint density at radius 3 is 1.11 bits per heavy atom. The fraction of sp³-hybridized carbons (Fsp3) is 1.00. The molecule has 0 aliphatic heterocycles. The molecule has 0 bridgehead atoms. The summed E-state index contributed by atoms with van der Waals surface area (Å²) in [6.45, 7) is 19.1. The average Bonchev–Trinajstić information content (AvgIpc) is 2.61. The molecule has 27 heavy (non-hydrogen) atoms. The molecule has 0 amide bonds. The van der Waals surface area contributed by atoms with E-state index in [1.165, 1.54) is 0 Å². The molecule has 0 saturated heterocycles. The van der Waals surface area contributed by atoms with Crippen LogP contribution < -0.4 is 0 Å². The molecule has 3 atom stereocenters. The van der Waals surface area contributed by atoms with E-state index in [9.17, 15) is 0 Å². The van der Waals surface area contributed by atoms with Crippen molar-refractivity contribution in [2.24, 2.45) is 0 Å². The summed E-state index contributed by atoms with van der Waals surface area (Å²) in [5.41, 5.74) is 0. The Balaban J connectivity index is 6.00. The van der Waals surface area contributed by atoms with Gasteiger partial charge in [0.05, 0.1) is 0 Å². The van der Waals surface area contributed by atoms with Gasteiger partial charge in [-0.15, -0.1) is 0 Å². The summed E-state index contributed by atoms with van der Waals surface area (Å²) in [6, 6.07) is 0. The van der Waals surface area contributed by atoms with E-state index < -0.39 is 31.1 Å². The molecule has 0 aromatic carbocycles. The van der Waals surface area contributed by atoms with E-state index in [0.717, 1.165) is 19.3 Å². The molecule has 9 heteroatoms. The normalized spacial score (nSPS) is 18.1. The van der Waals surface area contributed by atoms with Crippen LogP contribution in [0.3, 0.4) is 0 Å². The zero-order valence-electron chi connectivity index (χ0n) is 18.8. The van der Waals surface area contributed by atoms with Crippen molar-refractivity contribution in [2.45, 2.75) is 99.9 Å². The summed E-state index contributed by atoms with van der Waals surface area (Å²) in [4.78, 5) is 0. The van der Waals surface area contributed by atoms with Crippen LogP contribution in [0.25, 0.3) is 0 Å². The molecule has 7 nitrogen and oxygen atoms in total. The van der Waals surface area contributed by atoms with E-state index in [1.807, 2.05) is 41.5 Å². The van der Waals surface area contributed by atoms with Gasteiger partial charge in [0.25, 0.3) is 0 Å². The molecule has 3 unspecified atom stereocenters. The monoisotopic (exact) mass is 488 g/mol. The predicted molar refractivity (Wildman–Crippen MR) is 104 cm³/mol. The number of rotatable bonds is 17. The Bertz CT molecular complexity index is 327. The first kappa shape index (κ1) is 27.8. The van der Waals surface area contributed by atoms with Gasteiger partial charge in [-0.3, -0.25) is 0 Å². The second-order valence-electron chi connectivity index (χ2n) is 6.41. The van der Waals surface area contributed by atoms with Crippen molar-refractivity contribution >= 4 is 9.05 Å². The molecule has 0 aromatic rings. The van der Waals surface area contributed by atoms with Crippen molar-refractivity contribution in [3.8, 4) is 0 Å². The fourth-order valence-corrected chi connectivity index (χ4v) is 12.7. The molecule has 0 saturated carbocycles. The van der Waals surface area contributed by atoms with Crippen molar-refractivity contribution in [3.63, 3.8) is 0 Å². The maximum atomic E-state index is 6.48. The third-order valence-electron chi connectivity index (χ3n) is 3.97. The summed E-state index contributed by atoms with van der Waals surface area (Å²) in [6.07, 6.45) is 2.18. The van der Waals surface area contributed by atoms with Gasteiger partial charge < -0.3 is 0 Å². The van der Waals surface area contributed by atoms with Crippen LogP contribution in [0.5, 0.6) is 0 Å². The van der Waals surface area contributed by atoms with Crippen LogP contribution in [0.1, 0.15) is 81.6 Å².